The minimum atomic E-state index is -0.163. The van der Waals surface area contributed by atoms with E-state index in [9.17, 15) is 4.79 Å². The molecule has 0 saturated carbocycles. The molecule has 18 heavy (non-hydrogen) atoms. The number of ether oxygens (including phenoxy) is 3. The van der Waals surface area contributed by atoms with Crippen LogP contribution in [0.2, 0.25) is 0 Å². The molecule has 1 aliphatic heterocycles. The summed E-state index contributed by atoms with van der Waals surface area (Å²) in [6, 6.07) is 0. The Morgan fingerprint density at radius 3 is 2.89 bits per heavy atom. The zero-order valence-corrected chi connectivity index (χ0v) is 11.5. The number of hydrogen-bond donors (Lipinski definition) is 0. The maximum atomic E-state index is 11.2. The Kier molecular flexibility index (Phi) is 7.96. The highest BCUT2D eigenvalue weighted by atomic mass is 16.5. The standard InChI is InChI=1S/C13H25NO4/c1-3-17-10-8-14(7-6-13(15)16-2)11-12-5-4-9-18-12/h12H,3-11H2,1-2H3. The highest BCUT2D eigenvalue weighted by Gasteiger charge is 2.19. The van der Waals surface area contributed by atoms with Crippen molar-refractivity contribution in [3.8, 4) is 0 Å². The van der Waals surface area contributed by atoms with Crippen molar-refractivity contribution in [1.82, 2.24) is 4.90 Å². The van der Waals surface area contributed by atoms with E-state index in [0.717, 1.165) is 39.1 Å². The second kappa shape index (κ2) is 9.30. The van der Waals surface area contributed by atoms with Gasteiger partial charge in [-0.15, -0.1) is 0 Å². The van der Waals surface area contributed by atoms with Gasteiger partial charge in [0.2, 0.25) is 0 Å². The van der Waals surface area contributed by atoms with Gasteiger partial charge in [-0.05, 0) is 19.8 Å². The van der Waals surface area contributed by atoms with Crippen LogP contribution in [0.3, 0.4) is 0 Å². The maximum absolute atomic E-state index is 11.2. The number of carbonyl (C=O) groups excluding carboxylic acids is 1. The molecular weight excluding hydrogens is 234 g/mol. The Bertz CT molecular complexity index is 229. The van der Waals surface area contributed by atoms with E-state index in [4.69, 9.17) is 9.47 Å². The molecule has 5 heteroatoms. The smallest absolute Gasteiger partial charge is 0.306 e. The number of methoxy groups -OCH3 is 1. The Labute approximate surface area is 109 Å². The quantitative estimate of drug-likeness (QED) is 0.458. The van der Waals surface area contributed by atoms with E-state index >= 15 is 0 Å². The molecule has 1 fully saturated rings. The zero-order valence-electron chi connectivity index (χ0n) is 11.5. The Morgan fingerprint density at radius 1 is 1.44 bits per heavy atom. The lowest BCUT2D eigenvalue weighted by Gasteiger charge is -2.24. The third-order valence-corrected chi connectivity index (χ3v) is 3.10. The fourth-order valence-corrected chi connectivity index (χ4v) is 2.06. The number of nitrogens with zero attached hydrogens (tertiary/aromatic N) is 1. The third-order valence-electron chi connectivity index (χ3n) is 3.10. The SMILES string of the molecule is CCOCCN(CCC(=O)OC)CC1CCCO1. The fourth-order valence-electron chi connectivity index (χ4n) is 2.06. The Morgan fingerprint density at radius 2 is 2.28 bits per heavy atom. The normalized spacial score (nSPS) is 19.4. The van der Waals surface area contributed by atoms with Gasteiger partial charge >= 0.3 is 5.97 Å². The summed E-state index contributed by atoms with van der Waals surface area (Å²) in [4.78, 5) is 13.4. The summed E-state index contributed by atoms with van der Waals surface area (Å²) >= 11 is 0. The second-order valence-electron chi connectivity index (χ2n) is 4.46. The predicted molar refractivity (Wildman–Crippen MR) is 68.5 cm³/mol. The molecule has 106 valence electrons. The van der Waals surface area contributed by atoms with Crippen LogP contribution in [0.25, 0.3) is 0 Å². The molecule has 0 amide bonds. The first-order valence-corrected chi connectivity index (χ1v) is 6.74. The molecule has 0 radical (unpaired) electrons. The summed E-state index contributed by atoms with van der Waals surface area (Å²) in [7, 11) is 1.42. The minimum Gasteiger partial charge on any atom is -0.469 e. The molecule has 1 atom stereocenters. The van der Waals surface area contributed by atoms with Gasteiger partial charge in [0, 0.05) is 32.8 Å². The van der Waals surface area contributed by atoms with Crippen molar-refractivity contribution < 1.29 is 19.0 Å². The third kappa shape index (κ3) is 6.33. The number of carbonyl (C=O) groups is 1. The molecule has 1 heterocycles. The molecule has 0 bridgehead atoms. The molecule has 0 N–H and O–H groups in total. The molecule has 1 rings (SSSR count). The van der Waals surface area contributed by atoms with Crippen molar-refractivity contribution >= 4 is 5.97 Å². The van der Waals surface area contributed by atoms with Gasteiger partial charge in [0.1, 0.15) is 0 Å². The predicted octanol–water partition coefficient (Wildman–Crippen LogP) is 1.07. The Hall–Kier alpha value is -0.650. The van der Waals surface area contributed by atoms with E-state index in [1.165, 1.54) is 7.11 Å². The molecule has 1 unspecified atom stereocenters. The van der Waals surface area contributed by atoms with Gasteiger partial charge in [-0.3, -0.25) is 9.69 Å². The van der Waals surface area contributed by atoms with Gasteiger partial charge < -0.3 is 14.2 Å². The first-order valence-electron chi connectivity index (χ1n) is 6.74. The number of hydrogen-bond acceptors (Lipinski definition) is 5. The van der Waals surface area contributed by atoms with Crippen LogP contribution in [-0.2, 0) is 19.0 Å². The molecule has 0 spiro atoms. The van der Waals surface area contributed by atoms with E-state index < -0.39 is 0 Å². The van der Waals surface area contributed by atoms with Crippen molar-refractivity contribution in [2.24, 2.45) is 0 Å². The van der Waals surface area contributed by atoms with Crippen LogP contribution in [0, 0.1) is 0 Å². The molecule has 1 aliphatic rings. The fraction of sp³-hybridized carbons (Fsp3) is 0.923. The van der Waals surface area contributed by atoms with Crippen molar-refractivity contribution in [3.05, 3.63) is 0 Å². The maximum Gasteiger partial charge on any atom is 0.306 e. The van der Waals surface area contributed by atoms with Gasteiger partial charge in [0.15, 0.2) is 0 Å². The monoisotopic (exact) mass is 259 g/mol. The highest BCUT2D eigenvalue weighted by Crippen LogP contribution is 2.13. The van der Waals surface area contributed by atoms with Crippen molar-refractivity contribution in [1.29, 1.82) is 0 Å². The van der Waals surface area contributed by atoms with Crippen LogP contribution >= 0.6 is 0 Å². The summed E-state index contributed by atoms with van der Waals surface area (Å²) in [5.74, 6) is -0.163. The summed E-state index contributed by atoms with van der Waals surface area (Å²) in [6.07, 6.45) is 2.99. The van der Waals surface area contributed by atoms with Crippen molar-refractivity contribution in [2.45, 2.75) is 32.3 Å². The van der Waals surface area contributed by atoms with Gasteiger partial charge in [0.25, 0.3) is 0 Å². The molecule has 0 aromatic carbocycles. The van der Waals surface area contributed by atoms with E-state index in [0.29, 0.717) is 25.7 Å². The van der Waals surface area contributed by atoms with Gasteiger partial charge in [-0.1, -0.05) is 0 Å². The zero-order chi connectivity index (χ0) is 13.2. The molecule has 1 saturated heterocycles. The molecule has 5 nitrogen and oxygen atoms in total. The lowest BCUT2D eigenvalue weighted by Crippen LogP contribution is -2.36. The van der Waals surface area contributed by atoms with E-state index in [2.05, 4.69) is 9.64 Å². The topological polar surface area (TPSA) is 48.0 Å². The van der Waals surface area contributed by atoms with Gasteiger partial charge in [-0.25, -0.2) is 0 Å². The number of rotatable bonds is 9. The number of esters is 1. The lowest BCUT2D eigenvalue weighted by atomic mass is 10.2. The second-order valence-corrected chi connectivity index (χ2v) is 4.46. The summed E-state index contributed by atoms with van der Waals surface area (Å²) < 4.78 is 15.7. The minimum absolute atomic E-state index is 0.163. The van der Waals surface area contributed by atoms with Crippen molar-refractivity contribution in [3.63, 3.8) is 0 Å². The van der Waals surface area contributed by atoms with Crippen LogP contribution in [0.5, 0.6) is 0 Å². The van der Waals surface area contributed by atoms with Crippen LogP contribution in [-0.4, -0.2) is 63.5 Å². The lowest BCUT2D eigenvalue weighted by molar-refractivity contribution is -0.141. The summed E-state index contributed by atoms with van der Waals surface area (Å²) in [5, 5.41) is 0. The molecule has 0 aromatic rings. The van der Waals surface area contributed by atoms with Crippen LogP contribution in [0.1, 0.15) is 26.2 Å². The van der Waals surface area contributed by atoms with Crippen LogP contribution in [0.4, 0.5) is 0 Å². The average molecular weight is 259 g/mol. The molecule has 0 aliphatic carbocycles. The van der Waals surface area contributed by atoms with Gasteiger partial charge in [-0.2, -0.15) is 0 Å². The van der Waals surface area contributed by atoms with E-state index in [-0.39, 0.29) is 5.97 Å². The Balaban J connectivity index is 2.27. The van der Waals surface area contributed by atoms with Crippen molar-refractivity contribution in [2.75, 3.05) is 46.6 Å². The van der Waals surface area contributed by atoms with Crippen LogP contribution < -0.4 is 0 Å². The summed E-state index contributed by atoms with van der Waals surface area (Å²) in [6.45, 7) is 6.70. The molecule has 0 aromatic heterocycles. The average Bonchev–Trinajstić information content (AvgIpc) is 2.88. The molecular formula is C13H25NO4. The first-order chi connectivity index (χ1) is 8.76. The van der Waals surface area contributed by atoms with E-state index in [1.54, 1.807) is 0 Å². The summed E-state index contributed by atoms with van der Waals surface area (Å²) in [5.41, 5.74) is 0. The highest BCUT2D eigenvalue weighted by molar-refractivity contribution is 5.69. The largest absolute Gasteiger partial charge is 0.469 e. The first kappa shape index (κ1) is 15.4. The van der Waals surface area contributed by atoms with Gasteiger partial charge in [0.05, 0.1) is 26.2 Å². The van der Waals surface area contributed by atoms with Crippen LogP contribution in [0.15, 0.2) is 0 Å². The van der Waals surface area contributed by atoms with E-state index in [1.807, 2.05) is 6.92 Å².